The number of aromatic nitrogens is 2. The maximum absolute atomic E-state index is 5.72. The molecule has 0 saturated carbocycles. The van der Waals surface area contributed by atoms with Crippen LogP contribution >= 0.6 is 24.8 Å². The van der Waals surface area contributed by atoms with Gasteiger partial charge in [0.1, 0.15) is 5.75 Å². The van der Waals surface area contributed by atoms with Crippen LogP contribution in [-0.2, 0) is 6.54 Å². The van der Waals surface area contributed by atoms with E-state index >= 15 is 0 Å². The lowest BCUT2D eigenvalue weighted by Crippen LogP contribution is -2.45. The summed E-state index contributed by atoms with van der Waals surface area (Å²) in [5.41, 5.74) is 5.96. The fourth-order valence-electron chi connectivity index (χ4n) is 4.71. The number of nitrogens with zero attached hydrogens (tertiary/aromatic N) is 2. The Morgan fingerprint density at radius 2 is 1.75 bits per heavy atom. The van der Waals surface area contributed by atoms with Gasteiger partial charge in [-0.3, -0.25) is 0 Å². The number of halogens is 2. The third kappa shape index (κ3) is 7.24. The number of methoxy groups -OCH3 is 1. The highest BCUT2D eigenvalue weighted by atomic mass is 35.5. The fourth-order valence-corrected chi connectivity index (χ4v) is 4.71. The average Bonchev–Trinajstić information content (AvgIpc) is 3.30. The number of hydrogen-bond donors (Lipinski definition) is 2. The molecule has 6 nitrogen and oxygen atoms in total. The third-order valence-corrected chi connectivity index (χ3v) is 6.62. The van der Waals surface area contributed by atoms with Crippen molar-refractivity contribution < 1.29 is 10.2 Å². The van der Waals surface area contributed by atoms with Gasteiger partial charge in [-0.05, 0) is 61.1 Å². The minimum atomic E-state index is 0. The first-order valence-corrected chi connectivity index (χ1v) is 12.3. The summed E-state index contributed by atoms with van der Waals surface area (Å²) < 4.78 is 7.83. The molecule has 4 rings (SSSR count). The van der Waals surface area contributed by atoms with E-state index in [9.17, 15) is 0 Å². The Labute approximate surface area is 228 Å². The highest BCUT2D eigenvalue weighted by Gasteiger charge is 2.26. The third-order valence-electron chi connectivity index (χ3n) is 6.62. The molecule has 4 N–H and O–H groups in total. The number of rotatable bonds is 8. The molecule has 1 fully saturated rings. The molecule has 1 aliphatic heterocycles. The van der Waals surface area contributed by atoms with E-state index in [-0.39, 0.29) is 30.3 Å². The highest BCUT2D eigenvalue weighted by Crippen LogP contribution is 2.29. The molecule has 0 radical (unpaired) electrons. The molecule has 36 heavy (non-hydrogen) atoms. The van der Waals surface area contributed by atoms with Gasteiger partial charge in [-0.1, -0.05) is 58.0 Å². The molecule has 1 saturated heterocycles. The van der Waals surface area contributed by atoms with Crippen LogP contribution in [0.4, 0.5) is 0 Å². The fraction of sp³-hybridized carbons (Fsp3) is 0.464. The molecule has 0 spiro atoms. The molecule has 0 amide bonds. The van der Waals surface area contributed by atoms with Crippen molar-refractivity contribution in [2.45, 2.75) is 71.0 Å². The molecule has 0 bridgehead atoms. The topological polar surface area (TPSA) is 82.6 Å². The molecular weight excluding hydrogens is 495 g/mol. The minimum absolute atomic E-state index is 0. The summed E-state index contributed by atoms with van der Waals surface area (Å²) in [5, 5.41) is 12.5. The lowest BCUT2D eigenvalue weighted by atomic mass is 9.92. The molecule has 1 aliphatic rings. The summed E-state index contributed by atoms with van der Waals surface area (Å²) in [6.07, 6.45) is 2.34. The van der Waals surface area contributed by atoms with Crippen LogP contribution in [0.3, 0.4) is 0 Å². The van der Waals surface area contributed by atoms with Gasteiger partial charge in [0, 0.05) is 29.9 Å². The first kappa shape index (κ1) is 31.9. The second-order valence-corrected chi connectivity index (χ2v) is 9.68. The number of nitrogens with one attached hydrogen (secondary N) is 2. The van der Waals surface area contributed by atoms with Gasteiger partial charge in [0.2, 0.25) is 0 Å². The summed E-state index contributed by atoms with van der Waals surface area (Å²) in [7, 11) is 1.75. The van der Waals surface area contributed by atoms with Crippen LogP contribution in [0.5, 0.6) is 5.75 Å². The van der Waals surface area contributed by atoms with Crippen molar-refractivity contribution in [1.82, 2.24) is 20.4 Å². The molecule has 0 unspecified atom stereocenters. The maximum atomic E-state index is 5.72. The SMILES string of the molecule is COc1ccc(-n2nc(C(C)C)cc2C(C)C)cc1CN[C@H]1CCCN[C@H]1c1ccccc1.Cl.Cl.O. The van der Waals surface area contributed by atoms with Gasteiger partial charge in [-0.2, -0.15) is 5.10 Å². The number of hydrogen-bond acceptors (Lipinski definition) is 4. The maximum Gasteiger partial charge on any atom is 0.123 e. The van der Waals surface area contributed by atoms with Crippen LogP contribution in [0, 0.1) is 0 Å². The van der Waals surface area contributed by atoms with Gasteiger partial charge >= 0.3 is 0 Å². The van der Waals surface area contributed by atoms with Gasteiger partial charge < -0.3 is 20.8 Å². The summed E-state index contributed by atoms with van der Waals surface area (Å²) in [4.78, 5) is 0. The Morgan fingerprint density at radius 1 is 1.03 bits per heavy atom. The summed E-state index contributed by atoms with van der Waals surface area (Å²) in [6, 6.07) is 20.1. The predicted octanol–water partition coefficient (Wildman–Crippen LogP) is 5.73. The van der Waals surface area contributed by atoms with Crippen molar-refractivity contribution in [3.05, 3.63) is 77.1 Å². The van der Waals surface area contributed by atoms with E-state index < -0.39 is 0 Å². The van der Waals surface area contributed by atoms with Gasteiger partial charge in [-0.15, -0.1) is 24.8 Å². The Kier molecular flexibility index (Phi) is 13.0. The molecule has 2 atom stereocenters. The van der Waals surface area contributed by atoms with Gasteiger partial charge in [0.25, 0.3) is 0 Å². The number of piperidine rings is 1. The molecule has 2 aromatic carbocycles. The summed E-state index contributed by atoms with van der Waals surface area (Å²) in [6.45, 7) is 10.7. The van der Waals surface area contributed by atoms with Gasteiger partial charge in [0.15, 0.2) is 0 Å². The van der Waals surface area contributed by atoms with Crippen LogP contribution in [0.2, 0.25) is 0 Å². The van der Waals surface area contributed by atoms with E-state index in [1.165, 1.54) is 17.7 Å². The van der Waals surface area contributed by atoms with Crippen LogP contribution in [0.15, 0.2) is 54.6 Å². The number of ether oxygens (including phenoxy) is 1. The summed E-state index contributed by atoms with van der Waals surface area (Å²) in [5.74, 6) is 1.71. The minimum Gasteiger partial charge on any atom is -0.496 e. The van der Waals surface area contributed by atoms with Crippen molar-refractivity contribution in [2.75, 3.05) is 13.7 Å². The van der Waals surface area contributed by atoms with E-state index in [1.807, 2.05) is 0 Å². The quantitative estimate of drug-likeness (QED) is 0.385. The standard InChI is InChI=1S/C28H38N4O.2ClH.H2O/c1-19(2)25-17-26(20(3)4)32(31-25)23-13-14-27(33-5)22(16-23)18-30-24-12-9-15-29-28(24)21-10-7-6-8-11-21;;;/h6-8,10-11,13-14,16-17,19-20,24,28-30H,9,12,15,18H2,1-5H3;2*1H;1H2/t24-,28-;;;/m0.../s1. The Hall–Kier alpha value is -2.09. The molecular formula is C28H42Cl2N4O2. The van der Waals surface area contributed by atoms with Crippen LogP contribution in [0.25, 0.3) is 5.69 Å². The first-order valence-electron chi connectivity index (χ1n) is 12.3. The van der Waals surface area contributed by atoms with E-state index in [1.54, 1.807) is 7.11 Å². The molecule has 3 aromatic rings. The molecule has 8 heteroatoms. The van der Waals surface area contributed by atoms with Gasteiger partial charge in [0.05, 0.1) is 18.5 Å². The van der Waals surface area contributed by atoms with Crippen LogP contribution in [0.1, 0.15) is 80.9 Å². The first-order chi connectivity index (χ1) is 16.0. The molecule has 1 aromatic heterocycles. The lowest BCUT2D eigenvalue weighted by Gasteiger charge is -2.34. The Morgan fingerprint density at radius 3 is 2.39 bits per heavy atom. The predicted molar refractivity (Wildman–Crippen MR) is 153 cm³/mol. The second-order valence-electron chi connectivity index (χ2n) is 9.68. The molecule has 2 heterocycles. The van der Waals surface area contributed by atoms with E-state index in [0.29, 0.717) is 23.9 Å². The van der Waals surface area contributed by atoms with E-state index in [4.69, 9.17) is 9.84 Å². The molecule has 200 valence electrons. The Balaban J connectivity index is 0.00000216. The largest absolute Gasteiger partial charge is 0.496 e. The summed E-state index contributed by atoms with van der Waals surface area (Å²) >= 11 is 0. The monoisotopic (exact) mass is 536 g/mol. The molecule has 0 aliphatic carbocycles. The zero-order chi connectivity index (χ0) is 23.4. The van der Waals surface area contributed by atoms with E-state index in [2.05, 4.69) is 97.6 Å². The zero-order valence-corrected chi connectivity index (χ0v) is 23.6. The van der Waals surface area contributed by atoms with Crippen molar-refractivity contribution in [2.24, 2.45) is 0 Å². The van der Waals surface area contributed by atoms with Crippen molar-refractivity contribution >= 4 is 24.8 Å². The van der Waals surface area contributed by atoms with Crippen LogP contribution < -0.4 is 15.4 Å². The van der Waals surface area contributed by atoms with Crippen molar-refractivity contribution in [3.63, 3.8) is 0 Å². The number of benzene rings is 2. The smallest absolute Gasteiger partial charge is 0.123 e. The average molecular weight is 538 g/mol. The van der Waals surface area contributed by atoms with Crippen LogP contribution in [-0.4, -0.2) is 35.0 Å². The lowest BCUT2D eigenvalue weighted by molar-refractivity contribution is 0.303. The zero-order valence-electron chi connectivity index (χ0n) is 22.0. The van der Waals surface area contributed by atoms with Crippen molar-refractivity contribution in [1.29, 1.82) is 0 Å². The second kappa shape index (κ2) is 14.6. The van der Waals surface area contributed by atoms with Gasteiger partial charge in [-0.25, -0.2) is 4.68 Å². The van der Waals surface area contributed by atoms with E-state index in [0.717, 1.165) is 42.2 Å². The highest BCUT2D eigenvalue weighted by molar-refractivity contribution is 5.85. The Bertz CT molecular complexity index is 1060. The van der Waals surface area contributed by atoms with Crippen molar-refractivity contribution in [3.8, 4) is 11.4 Å². The normalized spacial score (nSPS) is 17.2.